The maximum atomic E-state index is 11.9. The van der Waals surface area contributed by atoms with E-state index in [0.29, 0.717) is 18.5 Å². The molecule has 1 unspecified atom stereocenters. The van der Waals surface area contributed by atoms with Crippen LogP contribution in [0.3, 0.4) is 0 Å². The second-order valence-electron chi connectivity index (χ2n) is 4.57. The molecule has 1 N–H and O–H groups in total. The van der Waals surface area contributed by atoms with Gasteiger partial charge in [-0.3, -0.25) is 0 Å². The number of carbonyl (C=O) groups is 1. The normalized spacial score (nSPS) is 22.9. The molecule has 1 aliphatic rings. The summed E-state index contributed by atoms with van der Waals surface area (Å²) in [5.74, 6) is 0.511. The van der Waals surface area contributed by atoms with Crippen molar-refractivity contribution < 1.29 is 14.3 Å². The zero-order valence-electron chi connectivity index (χ0n) is 10.4. The Balaban J connectivity index is 2.36. The van der Waals surface area contributed by atoms with Crippen molar-refractivity contribution in [3.8, 4) is 5.75 Å². The van der Waals surface area contributed by atoms with E-state index in [4.69, 9.17) is 9.47 Å². The van der Waals surface area contributed by atoms with Crippen molar-refractivity contribution in [3.63, 3.8) is 0 Å². The average Bonchev–Trinajstić information content (AvgIpc) is 2.27. The van der Waals surface area contributed by atoms with Gasteiger partial charge in [-0.25, -0.2) is 4.79 Å². The van der Waals surface area contributed by atoms with Crippen LogP contribution in [-0.2, 0) is 11.2 Å². The first kappa shape index (κ1) is 11.9. The van der Waals surface area contributed by atoms with E-state index in [1.807, 2.05) is 20.0 Å². The highest BCUT2D eigenvalue weighted by molar-refractivity contribution is 5.92. The number of fused-ring (bicyclic) bond motifs is 1. The van der Waals surface area contributed by atoms with Gasteiger partial charge >= 0.3 is 5.97 Å². The molecule has 0 radical (unpaired) electrons. The Morgan fingerprint density at radius 2 is 2.29 bits per heavy atom. The van der Waals surface area contributed by atoms with E-state index in [2.05, 4.69) is 5.32 Å². The van der Waals surface area contributed by atoms with Gasteiger partial charge in [0.15, 0.2) is 0 Å². The van der Waals surface area contributed by atoms with Gasteiger partial charge in [-0.15, -0.1) is 0 Å². The summed E-state index contributed by atoms with van der Waals surface area (Å²) in [7, 11) is 3.47. The van der Waals surface area contributed by atoms with E-state index in [9.17, 15) is 4.79 Å². The van der Waals surface area contributed by atoms with Crippen LogP contribution >= 0.6 is 0 Å². The topological polar surface area (TPSA) is 47.6 Å². The lowest BCUT2D eigenvalue weighted by Crippen LogP contribution is -2.46. The molecule has 1 aromatic rings. The standard InChI is InChI=1S/C13H17NO3/c1-13(8-14-2)7-9-6-10(16-3)4-5-11(9)12(15)17-13/h4-6,14H,7-8H2,1-3H3. The van der Waals surface area contributed by atoms with Crippen LogP contribution in [-0.4, -0.2) is 32.3 Å². The maximum Gasteiger partial charge on any atom is 0.339 e. The molecule has 0 bridgehead atoms. The fraction of sp³-hybridized carbons (Fsp3) is 0.462. The number of ether oxygens (including phenoxy) is 2. The second-order valence-corrected chi connectivity index (χ2v) is 4.57. The molecular weight excluding hydrogens is 218 g/mol. The highest BCUT2D eigenvalue weighted by atomic mass is 16.6. The lowest BCUT2D eigenvalue weighted by atomic mass is 9.90. The van der Waals surface area contributed by atoms with Crippen molar-refractivity contribution in [2.24, 2.45) is 0 Å². The SMILES string of the molecule is CNCC1(C)Cc2cc(OC)ccc2C(=O)O1. The van der Waals surface area contributed by atoms with E-state index in [-0.39, 0.29) is 5.97 Å². The van der Waals surface area contributed by atoms with Crippen LogP contribution in [0.5, 0.6) is 5.75 Å². The van der Waals surface area contributed by atoms with Crippen molar-refractivity contribution in [1.82, 2.24) is 5.32 Å². The first-order valence-electron chi connectivity index (χ1n) is 5.63. The molecule has 1 heterocycles. The molecular formula is C13H17NO3. The molecule has 1 aliphatic heterocycles. The van der Waals surface area contributed by atoms with Crippen molar-refractivity contribution in [2.75, 3.05) is 20.7 Å². The average molecular weight is 235 g/mol. The van der Waals surface area contributed by atoms with Gasteiger partial charge in [0.1, 0.15) is 11.4 Å². The molecule has 17 heavy (non-hydrogen) atoms. The van der Waals surface area contributed by atoms with Crippen molar-refractivity contribution in [2.45, 2.75) is 18.9 Å². The van der Waals surface area contributed by atoms with Gasteiger partial charge in [0.25, 0.3) is 0 Å². The zero-order valence-corrected chi connectivity index (χ0v) is 10.4. The van der Waals surface area contributed by atoms with Gasteiger partial charge in [-0.05, 0) is 37.7 Å². The molecule has 92 valence electrons. The Morgan fingerprint density at radius 3 is 2.94 bits per heavy atom. The fourth-order valence-electron chi connectivity index (χ4n) is 2.23. The molecule has 4 nitrogen and oxygen atoms in total. The van der Waals surface area contributed by atoms with Gasteiger partial charge in [-0.2, -0.15) is 0 Å². The molecule has 0 saturated heterocycles. The zero-order chi connectivity index (χ0) is 12.5. The fourth-order valence-corrected chi connectivity index (χ4v) is 2.23. The molecule has 0 aromatic heterocycles. The Bertz CT molecular complexity index is 444. The van der Waals surface area contributed by atoms with Crippen molar-refractivity contribution in [1.29, 1.82) is 0 Å². The number of carbonyl (C=O) groups excluding carboxylic acids is 1. The van der Waals surface area contributed by atoms with E-state index in [1.165, 1.54) is 0 Å². The minimum atomic E-state index is -0.481. The molecule has 4 heteroatoms. The monoisotopic (exact) mass is 235 g/mol. The molecule has 0 aliphatic carbocycles. The predicted octanol–water partition coefficient (Wildman–Crippen LogP) is 1.39. The van der Waals surface area contributed by atoms with Gasteiger partial charge in [0, 0.05) is 13.0 Å². The molecule has 0 amide bonds. The van der Waals surface area contributed by atoms with E-state index in [0.717, 1.165) is 11.3 Å². The highest BCUT2D eigenvalue weighted by Crippen LogP contribution is 2.30. The van der Waals surface area contributed by atoms with E-state index >= 15 is 0 Å². The van der Waals surface area contributed by atoms with Crippen LogP contribution in [0.2, 0.25) is 0 Å². The first-order chi connectivity index (χ1) is 8.08. The van der Waals surface area contributed by atoms with E-state index < -0.39 is 5.60 Å². The van der Waals surface area contributed by atoms with E-state index in [1.54, 1.807) is 19.2 Å². The number of rotatable bonds is 3. The summed E-state index contributed by atoms with van der Waals surface area (Å²) in [6.45, 7) is 2.57. The summed E-state index contributed by atoms with van der Waals surface area (Å²) in [6.07, 6.45) is 0.701. The Morgan fingerprint density at radius 1 is 1.53 bits per heavy atom. The number of esters is 1. The molecule has 0 saturated carbocycles. The third-order valence-corrected chi connectivity index (χ3v) is 2.99. The molecule has 1 aromatic carbocycles. The van der Waals surface area contributed by atoms with Gasteiger partial charge in [0.05, 0.1) is 12.7 Å². The van der Waals surface area contributed by atoms with Crippen LogP contribution in [0.15, 0.2) is 18.2 Å². The summed E-state index contributed by atoms with van der Waals surface area (Å²) in [4.78, 5) is 11.9. The first-order valence-corrected chi connectivity index (χ1v) is 5.63. The van der Waals surface area contributed by atoms with Crippen LogP contribution in [0.4, 0.5) is 0 Å². The van der Waals surface area contributed by atoms with Crippen LogP contribution in [0.25, 0.3) is 0 Å². The van der Waals surface area contributed by atoms with Crippen molar-refractivity contribution in [3.05, 3.63) is 29.3 Å². The van der Waals surface area contributed by atoms with Crippen LogP contribution in [0.1, 0.15) is 22.8 Å². The third kappa shape index (κ3) is 2.26. The van der Waals surface area contributed by atoms with Gasteiger partial charge in [0.2, 0.25) is 0 Å². The van der Waals surface area contributed by atoms with Crippen LogP contribution < -0.4 is 10.1 Å². The summed E-state index contributed by atoms with van der Waals surface area (Å²) in [5, 5.41) is 3.05. The Hall–Kier alpha value is -1.55. The maximum absolute atomic E-state index is 11.9. The Labute approximate surface area is 101 Å². The van der Waals surface area contributed by atoms with Gasteiger partial charge < -0.3 is 14.8 Å². The van der Waals surface area contributed by atoms with Gasteiger partial charge in [-0.1, -0.05) is 0 Å². The third-order valence-electron chi connectivity index (χ3n) is 2.99. The highest BCUT2D eigenvalue weighted by Gasteiger charge is 2.35. The van der Waals surface area contributed by atoms with Crippen molar-refractivity contribution >= 4 is 5.97 Å². The lowest BCUT2D eigenvalue weighted by molar-refractivity contribution is -0.0140. The number of hydrogen-bond donors (Lipinski definition) is 1. The predicted molar refractivity (Wildman–Crippen MR) is 64.4 cm³/mol. The number of benzene rings is 1. The van der Waals surface area contributed by atoms with Crippen LogP contribution in [0, 0.1) is 0 Å². The minimum absolute atomic E-state index is 0.258. The molecule has 0 spiro atoms. The summed E-state index contributed by atoms with van der Waals surface area (Å²) >= 11 is 0. The number of nitrogens with one attached hydrogen (secondary N) is 1. The quantitative estimate of drug-likeness (QED) is 0.804. The lowest BCUT2D eigenvalue weighted by Gasteiger charge is -2.34. The number of methoxy groups -OCH3 is 1. The molecule has 1 atom stereocenters. The number of cyclic esters (lactones) is 1. The molecule has 0 fully saturated rings. The second kappa shape index (κ2) is 4.37. The summed E-state index contributed by atoms with van der Waals surface area (Å²) < 4.78 is 10.6. The summed E-state index contributed by atoms with van der Waals surface area (Å²) in [6, 6.07) is 5.44. The Kier molecular flexibility index (Phi) is 3.07. The minimum Gasteiger partial charge on any atom is -0.497 e. The number of hydrogen-bond acceptors (Lipinski definition) is 4. The largest absolute Gasteiger partial charge is 0.497 e. The molecule has 2 rings (SSSR count). The number of likely N-dealkylation sites (N-methyl/N-ethyl adjacent to an activating group) is 1. The summed E-state index contributed by atoms with van der Waals surface area (Å²) in [5.41, 5.74) is 1.14. The smallest absolute Gasteiger partial charge is 0.339 e.